The van der Waals surface area contributed by atoms with Crippen LogP contribution in [-0.2, 0) is 9.53 Å². The summed E-state index contributed by atoms with van der Waals surface area (Å²) in [6.07, 6.45) is 1.74. The molecule has 156 valence electrons. The highest BCUT2D eigenvalue weighted by molar-refractivity contribution is 6.30. The lowest BCUT2D eigenvalue weighted by Gasteiger charge is -2.28. The molecule has 1 aliphatic heterocycles. The highest BCUT2D eigenvalue weighted by atomic mass is 35.5. The van der Waals surface area contributed by atoms with Crippen LogP contribution in [0.5, 0.6) is 5.75 Å². The standard InChI is InChI=1S/C20H26ClN5O3/c1-20(2,29-17-5-3-15(21)4-6-17)19(27)23-8-7-22-18-13-16(14-24-25-18)26-9-11-28-12-10-26/h3-6,13-14H,7-12H2,1-2H3,(H,22,25)(H,23,27). The fourth-order valence-electron chi connectivity index (χ4n) is 2.86. The molecule has 0 saturated carbocycles. The van der Waals surface area contributed by atoms with Crippen LogP contribution in [0.15, 0.2) is 36.5 Å². The minimum atomic E-state index is -1.01. The lowest BCUT2D eigenvalue weighted by atomic mass is 10.1. The summed E-state index contributed by atoms with van der Waals surface area (Å²) in [5.74, 6) is 1.05. The molecule has 0 aliphatic carbocycles. The normalized spacial score (nSPS) is 14.4. The molecule has 3 rings (SSSR count). The summed E-state index contributed by atoms with van der Waals surface area (Å²) in [7, 11) is 0. The highest BCUT2D eigenvalue weighted by Gasteiger charge is 2.29. The summed E-state index contributed by atoms with van der Waals surface area (Å²) in [5.41, 5.74) is -0.00324. The molecule has 0 radical (unpaired) electrons. The van der Waals surface area contributed by atoms with Crippen LogP contribution in [0, 0.1) is 0 Å². The van der Waals surface area contributed by atoms with Gasteiger partial charge in [0, 0.05) is 37.3 Å². The third kappa shape index (κ3) is 6.20. The summed E-state index contributed by atoms with van der Waals surface area (Å²) in [6, 6.07) is 8.87. The zero-order valence-electron chi connectivity index (χ0n) is 16.7. The van der Waals surface area contributed by atoms with Crippen LogP contribution in [-0.4, -0.2) is 61.1 Å². The molecule has 29 heavy (non-hydrogen) atoms. The summed E-state index contributed by atoms with van der Waals surface area (Å²) in [4.78, 5) is 14.7. The first-order valence-electron chi connectivity index (χ1n) is 9.56. The number of hydrogen-bond donors (Lipinski definition) is 2. The molecule has 1 aliphatic rings. The van der Waals surface area contributed by atoms with Crippen molar-refractivity contribution in [2.45, 2.75) is 19.4 Å². The van der Waals surface area contributed by atoms with E-state index in [1.807, 2.05) is 6.07 Å². The van der Waals surface area contributed by atoms with E-state index in [9.17, 15) is 4.79 Å². The Balaban J connectivity index is 1.44. The van der Waals surface area contributed by atoms with E-state index in [0.29, 0.717) is 42.9 Å². The van der Waals surface area contributed by atoms with E-state index >= 15 is 0 Å². The molecule has 9 heteroatoms. The van der Waals surface area contributed by atoms with Crippen molar-refractivity contribution in [3.05, 3.63) is 41.6 Å². The van der Waals surface area contributed by atoms with Crippen molar-refractivity contribution in [2.24, 2.45) is 0 Å². The Bertz CT molecular complexity index is 810. The largest absolute Gasteiger partial charge is 0.478 e. The molecule has 0 unspecified atom stereocenters. The van der Waals surface area contributed by atoms with Crippen LogP contribution in [0.1, 0.15) is 13.8 Å². The fraction of sp³-hybridized carbons (Fsp3) is 0.450. The van der Waals surface area contributed by atoms with Gasteiger partial charge in [-0.3, -0.25) is 4.79 Å². The van der Waals surface area contributed by atoms with Crippen molar-refractivity contribution in [3.8, 4) is 5.75 Å². The van der Waals surface area contributed by atoms with Crippen molar-refractivity contribution in [3.63, 3.8) is 0 Å². The molecule has 0 atom stereocenters. The number of hydrogen-bond acceptors (Lipinski definition) is 7. The van der Waals surface area contributed by atoms with Crippen molar-refractivity contribution in [1.29, 1.82) is 0 Å². The molecular formula is C20H26ClN5O3. The predicted octanol–water partition coefficient (Wildman–Crippen LogP) is 2.35. The van der Waals surface area contributed by atoms with Crippen molar-refractivity contribution < 1.29 is 14.3 Å². The Morgan fingerprint density at radius 2 is 1.97 bits per heavy atom. The number of carbonyl (C=O) groups is 1. The molecule has 1 aromatic heterocycles. The molecule has 0 spiro atoms. The average Bonchev–Trinajstić information content (AvgIpc) is 2.73. The third-order valence-electron chi connectivity index (χ3n) is 4.47. The molecule has 2 aromatic rings. The van der Waals surface area contributed by atoms with E-state index < -0.39 is 5.60 Å². The van der Waals surface area contributed by atoms with Gasteiger partial charge in [-0.15, -0.1) is 5.10 Å². The number of morpholine rings is 1. The Morgan fingerprint density at radius 3 is 2.69 bits per heavy atom. The molecule has 2 N–H and O–H groups in total. The van der Waals surface area contributed by atoms with E-state index in [1.165, 1.54) is 0 Å². The highest BCUT2D eigenvalue weighted by Crippen LogP contribution is 2.21. The van der Waals surface area contributed by atoms with E-state index in [-0.39, 0.29) is 5.91 Å². The van der Waals surface area contributed by atoms with Crippen LogP contribution in [0.3, 0.4) is 0 Å². The van der Waals surface area contributed by atoms with Gasteiger partial charge in [-0.05, 0) is 38.1 Å². The number of ether oxygens (including phenoxy) is 2. The van der Waals surface area contributed by atoms with Gasteiger partial charge in [0.2, 0.25) is 0 Å². The van der Waals surface area contributed by atoms with Gasteiger partial charge in [-0.25, -0.2) is 0 Å². The minimum absolute atomic E-state index is 0.206. The number of nitrogens with zero attached hydrogens (tertiary/aromatic N) is 3. The first-order valence-corrected chi connectivity index (χ1v) is 9.94. The summed E-state index contributed by atoms with van der Waals surface area (Å²) >= 11 is 5.87. The Morgan fingerprint density at radius 1 is 1.24 bits per heavy atom. The molecule has 1 saturated heterocycles. The van der Waals surface area contributed by atoms with Crippen molar-refractivity contribution in [1.82, 2.24) is 15.5 Å². The first kappa shape index (κ1) is 21.1. The number of halogens is 1. The lowest BCUT2D eigenvalue weighted by molar-refractivity contribution is -0.134. The van der Waals surface area contributed by atoms with Gasteiger partial charge in [0.15, 0.2) is 11.4 Å². The Labute approximate surface area is 175 Å². The average molecular weight is 420 g/mol. The molecule has 1 aromatic carbocycles. The molecule has 0 bridgehead atoms. The number of nitrogens with one attached hydrogen (secondary N) is 2. The van der Waals surface area contributed by atoms with Crippen LogP contribution in [0.25, 0.3) is 0 Å². The minimum Gasteiger partial charge on any atom is -0.478 e. The van der Waals surface area contributed by atoms with E-state index in [0.717, 1.165) is 18.8 Å². The van der Waals surface area contributed by atoms with Gasteiger partial charge in [0.25, 0.3) is 5.91 Å². The summed E-state index contributed by atoms with van der Waals surface area (Å²) < 4.78 is 11.2. The number of anilines is 2. The number of aromatic nitrogens is 2. The van der Waals surface area contributed by atoms with E-state index in [1.54, 1.807) is 44.3 Å². The molecule has 8 nitrogen and oxygen atoms in total. The predicted molar refractivity (Wildman–Crippen MR) is 113 cm³/mol. The van der Waals surface area contributed by atoms with Crippen molar-refractivity contribution >= 4 is 29.0 Å². The molecular weight excluding hydrogens is 394 g/mol. The monoisotopic (exact) mass is 419 g/mol. The lowest BCUT2D eigenvalue weighted by Crippen LogP contribution is -2.47. The van der Waals surface area contributed by atoms with Gasteiger partial charge >= 0.3 is 0 Å². The molecule has 1 fully saturated rings. The number of benzene rings is 1. The van der Waals surface area contributed by atoms with Crippen LogP contribution >= 0.6 is 11.6 Å². The summed E-state index contributed by atoms with van der Waals surface area (Å²) in [5, 5.41) is 14.8. The van der Waals surface area contributed by atoms with Crippen molar-refractivity contribution in [2.75, 3.05) is 49.6 Å². The quantitative estimate of drug-likeness (QED) is 0.635. The number of carbonyl (C=O) groups excluding carboxylic acids is 1. The van der Waals surface area contributed by atoms with Crippen LogP contribution in [0.4, 0.5) is 11.5 Å². The number of amides is 1. The maximum atomic E-state index is 12.5. The Hall–Kier alpha value is -2.58. The number of rotatable bonds is 8. The first-order chi connectivity index (χ1) is 13.9. The second-order valence-electron chi connectivity index (χ2n) is 7.15. The zero-order chi connectivity index (χ0) is 20.7. The zero-order valence-corrected chi connectivity index (χ0v) is 17.4. The SMILES string of the molecule is CC(C)(Oc1ccc(Cl)cc1)C(=O)NCCNc1cc(N2CCOCC2)cnn1. The fourth-order valence-corrected chi connectivity index (χ4v) is 2.99. The maximum Gasteiger partial charge on any atom is 0.263 e. The summed E-state index contributed by atoms with van der Waals surface area (Å²) in [6.45, 7) is 7.49. The second kappa shape index (κ2) is 9.76. The molecule has 1 amide bonds. The topological polar surface area (TPSA) is 88.6 Å². The third-order valence-corrected chi connectivity index (χ3v) is 4.72. The van der Waals surface area contributed by atoms with Gasteiger partial charge in [0.05, 0.1) is 25.1 Å². The Kier molecular flexibility index (Phi) is 7.11. The van der Waals surface area contributed by atoms with Gasteiger partial charge < -0.3 is 25.0 Å². The van der Waals surface area contributed by atoms with Crippen LogP contribution < -0.4 is 20.3 Å². The molecule has 2 heterocycles. The second-order valence-corrected chi connectivity index (χ2v) is 7.58. The van der Waals surface area contributed by atoms with E-state index in [4.69, 9.17) is 21.1 Å². The van der Waals surface area contributed by atoms with Gasteiger partial charge in [-0.1, -0.05) is 11.6 Å². The smallest absolute Gasteiger partial charge is 0.263 e. The van der Waals surface area contributed by atoms with Gasteiger partial charge in [0.1, 0.15) is 5.75 Å². The maximum absolute atomic E-state index is 12.5. The van der Waals surface area contributed by atoms with Crippen LogP contribution in [0.2, 0.25) is 5.02 Å². The van der Waals surface area contributed by atoms with E-state index in [2.05, 4.69) is 25.7 Å². The van der Waals surface area contributed by atoms with Gasteiger partial charge in [-0.2, -0.15) is 5.10 Å².